The molecular weight excluding hydrogens is 196 g/mol. The lowest BCUT2D eigenvalue weighted by molar-refractivity contribution is 0.653. The minimum Gasteiger partial charge on any atom is -0.367 e. The minimum absolute atomic E-state index is 0.399. The van der Waals surface area contributed by atoms with Crippen LogP contribution in [0.25, 0.3) is 0 Å². The molecule has 1 rings (SSSR count). The predicted octanol–water partition coefficient (Wildman–Crippen LogP) is 2.73. The van der Waals surface area contributed by atoms with Gasteiger partial charge in [0.1, 0.15) is 0 Å². The van der Waals surface area contributed by atoms with Gasteiger partial charge in [-0.05, 0) is 38.3 Å². The summed E-state index contributed by atoms with van der Waals surface area (Å²) in [5, 5.41) is 0. The van der Waals surface area contributed by atoms with Crippen LogP contribution in [0.3, 0.4) is 0 Å². The zero-order valence-corrected chi connectivity index (χ0v) is 11.0. The fraction of sp³-hybridized carbons (Fsp3) is 0.571. The van der Waals surface area contributed by atoms with Crippen molar-refractivity contribution in [1.29, 1.82) is 0 Å². The van der Waals surface area contributed by atoms with Crippen molar-refractivity contribution in [2.75, 3.05) is 18.0 Å². The molecule has 0 spiro atoms. The van der Waals surface area contributed by atoms with Crippen LogP contribution in [-0.4, -0.2) is 19.1 Å². The smallest absolute Gasteiger partial charge is 0.0431 e. The van der Waals surface area contributed by atoms with E-state index < -0.39 is 0 Å². The molecule has 2 nitrogen and oxygen atoms in total. The lowest BCUT2D eigenvalue weighted by atomic mass is 10.0. The number of benzene rings is 1. The molecule has 1 atom stereocenters. The van der Waals surface area contributed by atoms with E-state index in [1.807, 2.05) is 0 Å². The zero-order valence-electron chi connectivity index (χ0n) is 11.0. The van der Waals surface area contributed by atoms with Gasteiger partial charge in [0.25, 0.3) is 0 Å². The lowest BCUT2D eigenvalue weighted by Gasteiger charge is -2.32. The summed E-state index contributed by atoms with van der Waals surface area (Å²) in [6.07, 6.45) is 1.07. The molecule has 0 aliphatic rings. The van der Waals surface area contributed by atoms with Crippen molar-refractivity contribution in [1.82, 2.24) is 0 Å². The first-order valence-electron chi connectivity index (χ1n) is 6.20. The number of hydrogen-bond acceptors (Lipinski definition) is 2. The van der Waals surface area contributed by atoms with Crippen LogP contribution < -0.4 is 10.6 Å². The predicted molar refractivity (Wildman–Crippen MR) is 72.1 cm³/mol. The van der Waals surface area contributed by atoms with Crippen molar-refractivity contribution < 1.29 is 0 Å². The quantitative estimate of drug-likeness (QED) is 0.826. The second kappa shape index (κ2) is 5.90. The maximum absolute atomic E-state index is 5.79. The van der Waals surface area contributed by atoms with Crippen molar-refractivity contribution in [2.45, 2.75) is 40.2 Å². The van der Waals surface area contributed by atoms with Gasteiger partial charge in [-0.25, -0.2) is 0 Å². The van der Waals surface area contributed by atoms with Gasteiger partial charge in [0, 0.05) is 24.8 Å². The highest BCUT2D eigenvalue weighted by atomic mass is 15.2. The number of rotatable bonds is 5. The number of aryl methyl sites for hydroxylation is 2. The van der Waals surface area contributed by atoms with Crippen LogP contribution in [0.2, 0.25) is 0 Å². The monoisotopic (exact) mass is 220 g/mol. The van der Waals surface area contributed by atoms with E-state index >= 15 is 0 Å². The van der Waals surface area contributed by atoms with Gasteiger partial charge in [-0.3, -0.25) is 0 Å². The molecule has 1 unspecified atom stereocenters. The first-order valence-corrected chi connectivity index (χ1v) is 6.20. The van der Waals surface area contributed by atoms with Gasteiger partial charge in [0.05, 0.1) is 0 Å². The number of likely N-dealkylation sites (N-methyl/N-ethyl adjacent to an activating group) is 1. The summed E-state index contributed by atoms with van der Waals surface area (Å²) in [6.45, 7) is 10.5. The largest absolute Gasteiger partial charge is 0.367 e. The first-order chi connectivity index (χ1) is 7.65. The van der Waals surface area contributed by atoms with E-state index in [9.17, 15) is 0 Å². The third-order valence-corrected chi connectivity index (χ3v) is 3.20. The van der Waals surface area contributed by atoms with Crippen LogP contribution in [0.15, 0.2) is 18.2 Å². The number of nitrogens with two attached hydrogens (primary N) is 1. The zero-order chi connectivity index (χ0) is 12.1. The highest BCUT2D eigenvalue weighted by molar-refractivity contribution is 5.60. The Labute approximate surface area is 99.5 Å². The van der Waals surface area contributed by atoms with E-state index in [0.29, 0.717) is 12.6 Å². The average Bonchev–Trinajstić information content (AvgIpc) is 2.31. The molecule has 0 radical (unpaired) electrons. The molecule has 0 amide bonds. The molecule has 2 N–H and O–H groups in total. The number of nitrogens with zero attached hydrogens (tertiary/aromatic N) is 1. The minimum atomic E-state index is 0.399. The van der Waals surface area contributed by atoms with Crippen LogP contribution in [0.4, 0.5) is 5.69 Å². The molecule has 0 bridgehead atoms. The molecule has 0 aromatic heterocycles. The lowest BCUT2D eigenvalue weighted by Crippen LogP contribution is -2.39. The fourth-order valence-corrected chi connectivity index (χ4v) is 2.23. The third-order valence-electron chi connectivity index (χ3n) is 3.20. The Morgan fingerprint density at radius 2 is 2.00 bits per heavy atom. The van der Waals surface area contributed by atoms with E-state index in [0.717, 1.165) is 13.0 Å². The molecule has 0 heterocycles. The van der Waals surface area contributed by atoms with Crippen molar-refractivity contribution >= 4 is 5.69 Å². The van der Waals surface area contributed by atoms with Crippen LogP contribution in [0.5, 0.6) is 0 Å². The Kier molecular flexibility index (Phi) is 4.81. The molecule has 0 saturated heterocycles. The van der Waals surface area contributed by atoms with Crippen molar-refractivity contribution in [2.24, 2.45) is 5.73 Å². The summed E-state index contributed by atoms with van der Waals surface area (Å²) in [5.41, 5.74) is 9.93. The van der Waals surface area contributed by atoms with E-state index in [2.05, 4.69) is 50.8 Å². The van der Waals surface area contributed by atoms with Gasteiger partial charge in [-0.1, -0.05) is 25.1 Å². The van der Waals surface area contributed by atoms with Crippen LogP contribution in [-0.2, 0) is 6.42 Å². The Morgan fingerprint density at radius 1 is 1.31 bits per heavy atom. The highest BCUT2D eigenvalue weighted by Crippen LogP contribution is 2.27. The molecule has 0 aliphatic carbocycles. The maximum atomic E-state index is 5.79. The number of hydrogen-bond donors (Lipinski definition) is 1. The van der Waals surface area contributed by atoms with E-state index in [1.54, 1.807) is 0 Å². The molecule has 0 saturated carbocycles. The summed E-state index contributed by atoms with van der Waals surface area (Å²) >= 11 is 0. The van der Waals surface area contributed by atoms with Crippen molar-refractivity contribution in [3.63, 3.8) is 0 Å². The fourth-order valence-electron chi connectivity index (χ4n) is 2.23. The Balaban J connectivity index is 3.17. The van der Waals surface area contributed by atoms with Gasteiger partial charge >= 0.3 is 0 Å². The normalized spacial score (nSPS) is 12.6. The molecule has 16 heavy (non-hydrogen) atoms. The number of para-hydroxylation sites is 1. The number of anilines is 1. The summed E-state index contributed by atoms with van der Waals surface area (Å²) in [4.78, 5) is 2.41. The summed E-state index contributed by atoms with van der Waals surface area (Å²) < 4.78 is 0. The molecule has 1 aromatic rings. The second-order valence-corrected chi connectivity index (χ2v) is 4.31. The second-order valence-electron chi connectivity index (χ2n) is 4.31. The molecule has 90 valence electrons. The standard InChI is InChI=1S/C14H24N2/c1-5-13-9-7-8-11(3)14(13)16(6-2)12(4)10-15/h7-9,12H,5-6,10,15H2,1-4H3. The van der Waals surface area contributed by atoms with Gasteiger partial charge < -0.3 is 10.6 Å². The Bertz CT molecular complexity index is 334. The summed E-state index contributed by atoms with van der Waals surface area (Å²) in [7, 11) is 0. The highest BCUT2D eigenvalue weighted by Gasteiger charge is 2.15. The van der Waals surface area contributed by atoms with Gasteiger partial charge in [0.15, 0.2) is 0 Å². The summed E-state index contributed by atoms with van der Waals surface area (Å²) in [6, 6.07) is 6.93. The topological polar surface area (TPSA) is 29.3 Å². The summed E-state index contributed by atoms with van der Waals surface area (Å²) in [5.74, 6) is 0. The van der Waals surface area contributed by atoms with Gasteiger partial charge in [0.2, 0.25) is 0 Å². The molecule has 1 aromatic carbocycles. The van der Waals surface area contributed by atoms with E-state index in [4.69, 9.17) is 5.73 Å². The SMILES string of the molecule is CCc1cccc(C)c1N(CC)C(C)CN. The molecular formula is C14H24N2. The van der Waals surface area contributed by atoms with Crippen LogP contribution in [0.1, 0.15) is 31.9 Å². The Hall–Kier alpha value is -1.02. The first kappa shape index (κ1) is 13.0. The maximum Gasteiger partial charge on any atom is 0.0431 e. The van der Waals surface area contributed by atoms with E-state index in [-0.39, 0.29) is 0 Å². The molecule has 2 heteroatoms. The van der Waals surface area contributed by atoms with Crippen molar-refractivity contribution in [3.05, 3.63) is 29.3 Å². The molecule has 0 aliphatic heterocycles. The van der Waals surface area contributed by atoms with Crippen molar-refractivity contribution in [3.8, 4) is 0 Å². The van der Waals surface area contributed by atoms with Gasteiger partial charge in [-0.2, -0.15) is 0 Å². The van der Waals surface area contributed by atoms with Gasteiger partial charge in [-0.15, -0.1) is 0 Å². The third kappa shape index (κ3) is 2.56. The Morgan fingerprint density at radius 3 is 2.50 bits per heavy atom. The average molecular weight is 220 g/mol. The van der Waals surface area contributed by atoms with Crippen LogP contribution in [0, 0.1) is 6.92 Å². The molecule has 0 fully saturated rings. The van der Waals surface area contributed by atoms with E-state index in [1.165, 1.54) is 16.8 Å². The van der Waals surface area contributed by atoms with Crippen LogP contribution >= 0.6 is 0 Å².